The number of rotatable bonds is 9. The van der Waals surface area contributed by atoms with E-state index in [1.807, 2.05) is 30.3 Å². The van der Waals surface area contributed by atoms with Crippen molar-refractivity contribution in [1.82, 2.24) is 10.6 Å². The van der Waals surface area contributed by atoms with Gasteiger partial charge in [0.05, 0.1) is 28.2 Å². The van der Waals surface area contributed by atoms with E-state index in [9.17, 15) is 9.59 Å². The van der Waals surface area contributed by atoms with Gasteiger partial charge >= 0.3 is 7.12 Å². The standard InChI is InChI=1S/C32H39BCl2N2O4/c1-31(2)21-16-26(31)32(3)27(17-21)40-33(41-32)28(15-20-10-7-11-20)37-30(39)25(14-19-8-5-4-6-9-19)36-29(38)23-18-22(34)12-13-24(23)35/h4-6,8-9,12-13,18,20-21,25-28H,7,10-11,14-17H2,1-3H3,(H,36,38)(H,37,39)/t21-,25-,26-,27+,28-,32-/m0/s1. The van der Waals surface area contributed by atoms with Crippen molar-refractivity contribution in [3.8, 4) is 0 Å². The Balaban J connectivity index is 1.22. The second-order valence-electron chi connectivity index (χ2n) is 13.3. The first kappa shape index (κ1) is 29.0. The topological polar surface area (TPSA) is 76.7 Å². The van der Waals surface area contributed by atoms with Gasteiger partial charge in [-0.2, -0.15) is 0 Å². The Hall–Kier alpha value is -2.06. The van der Waals surface area contributed by atoms with Crippen LogP contribution in [0.5, 0.6) is 0 Å². The van der Waals surface area contributed by atoms with Crippen molar-refractivity contribution < 1.29 is 18.9 Å². The van der Waals surface area contributed by atoms with Crippen LogP contribution in [0.4, 0.5) is 0 Å². The van der Waals surface area contributed by atoms with Crippen LogP contribution < -0.4 is 10.6 Å². The Labute approximate surface area is 253 Å². The maximum absolute atomic E-state index is 14.0. The molecule has 0 unspecified atom stereocenters. The third-order valence-corrected chi connectivity index (χ3v) is 11.1. The highest BCUT2D eigenvalue weighted by molar-refractivity contribution is 6.48. The summed E-state index contributed by atoms with van der Waals surface area (Å²) in [6, 6.07) is 13.6. The molecule has 4 saturated carbocycles. The summed E-state index contributed by atoms with van der Waals surface area (Å²) in [5, 5.41) is 6.88. The highest BCUT2D eigenvalue weighted by atomic mass is 35.5. The maximum Gasteiger partial charge on any atom is 0.481 e. The monoisotopic (exact) mass is 596 g/mol. The van der Waals surface area contributed by atoms with Crippen LogP contribution in [0, 0.1) is 23.2 Å². The Morgan fingerprint density at radius 1 is 1.05 bits per heavy atom. The van der Waals surface area contributed by atoms with Gasteiger partial charge in [-0.1, -0.05) is 86.6 Å². The number of halogens is 2. The highest BCUT2D eigenvalue weighted by Crippen LogP contribution is 2.65. The molecule has 2 amide bonds. The first-order chi connectivity index (χ1) is 19.5. The molecule has 1 heterocycles. The Bertz CT molecular complexity index is 1310. The molecule has 6 nitrogen and oxygen atoms in total. The van der Waals surface area contributed by atoms with E-state index < -0.39 is 19.1 Å². The van der Waals surface area contributed by atoms with Crippen LogP contribution in [-0.2, 0) is 20.5 Å². The van der Waals surface area contributed by atoms with Crippen LogP contribution in [0.1, 0.15) is 75.2 Å². The number of carbonyl (C=O) groups excluding carboxylic acids is 2. The van der Waals surface area contributed by atoms with Gasteiger partial charge < -0.3 is 19.9 Å². The lowest BCUT2D eigenvalue weighted by molar-refractivity contribution is -0.199. The second-order valence-corrected chi connectivity index (χ2v) is 14.2. The van der Waals surface area contributed by atoms with E-state index in [-0.39, 0.29) is 39.6 Å². The molecular formula is C32H39BCl2N2O4. The molecule has 5 fully saturated rings. The predicted octanol–water partition coefficient (Wildman–Crippen LogP) is 6.28. The molecule has 4 aliphatic carbocycles. The molecule has 0 aromatic heterocycles. The van der Waals surface area contributed by atoms with Crippen LogP contribution in [0.3, 0.4) is 0 Å². The van der Waals surface area contributed by atoms with Crippen molar-refractivity contribution in [1.29, 1.82) is 0 Å². The lowest BCUT2D eigenvalue weighted by atomic mass is 9.43. The summed E-state index contributed by atoms with van der Waals surface area (Å²) in [5.41, 5.74) is 1.06. The molecular weight excluding hydrogens is 558 g/mol. The minimum Gasteiger partial charge on any atom is -0.404 e. The minimum atomic E-state index is -0.824. The van der Waals surface area contributed by atoms with Crippen LogP contribution in [0.15, 0.2) is 48.5 Å². The number of hydrogen-bond acceptors (Lipinski definition) is 4. The van der Waals surface area contributed by atoms with Gasteiger partial charge in [0.15, 0.2) is 0 Å². The van der Waals surface area contributed by atoms with Crippen LogP contribution in [-0.4, -0.2) is 42.6 Å². The molecule has 41 heavy (non-hydrogen) atoms. The summed E-state index contributed by atoms with van der Waals surface area (Å²) < 4.78 is 13.4. The minimum absolute atomic E-state index is 0.0369. The van der Waals surface area contributed by atoms with Crippen molar-refractivity contribution in [3.63, 3.8) is 0 Å². The van der Waals surface area contributed by atoms with Gasteiger partial charge in [0.1, 0.15) is 6.04 Å². The van der Waals surface area contributed by atoms with Crippen LogP contribution in [0.2, 0.25) is 10.0 Å². The molecule has 2 bridgehead atoms. The summed E-state index contributed by atoms with van der Waals surface area (Å²) in [7, 11) is -0.514. The van der Waals surface area contributed by atoms with E-state index in [1.54, 1.807) is 12.1 Å². The normalized spacial score (nSPS) is 29.5. The predicted molar refractivity (Wildman–Crippen MR) is 162 cm³/mol. The molecule has 218 valence electrons. The van der Waals surface area contributed by atoms with Gasteiger partial charge in [-0.25, -0.2) is 0 Å². The first-order valence-electron chi connectivity index (χ1n) is 15.0. The number of carbonyl (C=O) groups is 2. The fourth-order valence-corrected chi connectivity index (χ4v) is 8.02. The summed E-state index contributed by atoms with van der Waals surface area (Å²) in [4.78, 5) is 27.3. The van der Waals surface area contributed by atoms with Gasteiger partial charge in [-0.3, -0.25) is 9.59 Å². The molecule has 2 aromatic carbocycles. The zero-order chi connectivity index (χ0) is 28.9. The van der Waals surface area contributed by atoms with Gasteiger partial charge in [0.2, 0.25) is 5.91 Å². The van der Waals surface area contributed by atoms with E-state index in [0.717, 1.165) is 31.2 Å². The zero-order valence-electron chi connectivity index (χ0n) is 24.0. The molecule has 1 aliphatic heterocycles. The molecule has 6 atom stereocenters. The van der Waals surface area contributed by atoms with Crippen molar-refractivity contribution in [3.05, 3.63) is 69.7 Å². The molecule has 0 radical (unpaired) electrons. The van der Waals surface area contributed by atoms with Crippen molar-refractivity contribution in [2.75, 3.05) is 0 Å². The maximum atomic E-state index is 14.0. The number of nitrogens with one attached hydrogen (secondary N) is 2. The number of hydrogen-bond donors (Lipinski definition) is 2. The van der Waals surface area contributed by atoms with Gasteiger partial charge in [0, 0.05) is 11.4 Å². The molecule has 7 rings (SSSR count). The van der Waals surface area contributed by atoms with Crippen molar-refractivity contribution in [2.45, 2.75) is 89.4 Å². The number of amides is 2. The van der Waals surface area contributed by atoms with Crippen LogP contribution in [0.25, 0.3) is 0 Å². The van der Waals surface area contributed by atoms with Gasteiger partial charge in [-0.15, -0.1) is 0 Å². The summed E-state index contributed by atoms with van der Waals surface area (Å²) in [6.07, 6.45) is 6.84. The SMILES string of the molecule is CC1(C)[C@@H]2C[C@H]3OB([C@H](CC4CCC4)NC(=O)[C@H](Cc4ccccc4)NC(=O)c4cc(Cl)ccc4Cl)O[C@@]3(C)[C@H]1C2. The molecule has 1 saturated heterocycles. The zero-order valence-corrected chi connectivity index (χ0v) is 25.5. The fourth-order valence-electron chi connectivity index (χ4n) is 7.65. The third kappa shape index (κ3) is 5.55. The molecule has 0 spiro atoms. The molecule has 5 aliphatic rings. The smallest absolute Gasteiger partial charge is 0.404 e. The van der Waals surface area contributed by atoms with Crippen molar-refractivity contribution >= 4 is 42.1 Å². The average Bonchev–Trinajstić information content (AvgIpc) is 3.28. The van der Waals surface area contributed by atoms with E-state index in [1.165, 1.54) is 18.9 Å². The van der Waals surface area contributed by atoms with Gasteiger partial charge in [-0.05, 0) is 73.1 Å². The van der Waals surface area contributed by atoms with E-state index in [2.05, 4.69) is 31.4 Å². The summed E-state index contributed by atoms with van der Waals surface area (Å²) in [6.45, 7) is 6.90. The largest absolute Gasteiger partial charge is 0.481 e. The van der Waals surface area contributed by atoms with Gasteiger partial charge in [0.25, 0.3) is 5.91 Å². The lowest BCUT2D eigenvalue weighted by Crippen LogP contribution is -2.65. The quantitative estimate of drug-likeness (QED) is 0.334. The Morgan fingerprint density at radius 2 is 1.80 bits per heavy atom. The lowest BCUT2D eigenvalue weighted by Gasteiger charge is -2.64. The third-order valence-electron chi connectivity index (χ3n) is 10.5. The van der Waals surface area contributed by atoms with E-state index in [4.69, 9.17) is 32.5 Å². The summed E-state index contributed by atoms with van der Waals surface area (Å²) in [5.74, 6) is 0.605. The molecule has 2 aromatic rings. The van der Waals surface area contributed by atoms with Crippen molar-refractivity contribution in [2.24, 2.45) is 23.2 Å². The molecule has 9 heteroatoms. The fraction of sp³-hybridized carbons (Fsp3) is 0.562. The first-order valence-corrected chi connectivity index (χ1v) is 15.7. The number of benzene rings is 2. The molecule has 2 N–H and O–H groups in total. The summed E-state index contributed by atoms with van der Waals surface area (Å²) >= 11 is 12.5. The van der Waals surface area contributed by atoms with E-state index >= 15 is 0 Å². The average molecular weight is 597 g/mol. The Kier molecular flexibility index (Phi) is 7.95. The Morgan fingerprint density at radius 3 is 2.49 bits per heavy atom. The second kappa shape index (κ2) is 11.2. The highest BCUT2D eigenvalue weighted by Gasteiger charge is 2.68. The van der Waals surface area contributed by atoms with E-state index in [0.29, 0.717) is 29.2 Å². The van der Waals surface area contributed by atoms with Crippen LogP contribution >= 0.6 is 23.2 Å².